The summed E-state index contributed by atoms with van der Waals surface area (Å²) in [4.78, 5) is 17.8. The van der Waals surface area contributed by atoms with E-state index in [4.69, 9.17) is 4.74 Å². The lowest BCUT2D eigenvalue weighted by Gasteiger charge is -2.42. The van der Waals surface area contributed by atoms with Crippen molar-refractivity contribution in [3.05, 3.63) is 105 Å². The molecule has 1 heterocycles. The first-order chi connectivity index (χ1) is 19.4. The molecule has 6 nitrogen and oxygen atoms in total. The third kappa shape index (κ3) is 5.06. The molecule has 3 aromatic rings. The molecule has 1 aliphatic heterocycles. The van der Waals surface area contributed by atoms with Gasteiger partial charge in [0, 0.05) is 63.7 Å². The SMILES string of the molecule is CCN(CC)c1ccc(C2C3=C(CCCC3=O)N(c3cccc(Br)c3)C(=N)/C2=C(/O)c2ccc(OC)cc2)cc1. The minimum Gasteiger partial charge on any atom is -0.507 e. The topological polar surface area (TPSA) is 76.9 Å². The van der Waals surface area contributed by atoms with Crippen molar-refractivity contribution in [3.8, 4) is 5.75 Å². The fourth-order valence-corrected chi connectivity index (χ4v) is 6.18. The Morgan fingerprint density at radius 3 is 2.38 bits per heavy atom. The number of nitrogens with one attached hydrogen (secondary N) is 1. The summed E-state index contributed by atoms with van der Waals surface area (Å²) in [6.07, 6.45) is 1.86. The van der Waals surface area contributed by atoms with Crippen molar-refractivity contribution < 1.29 is 14.6 Å². The van der Waals surface area contributed by atoms with Crippen LogP contribution >= 0.6 is 15.9 Å². The number of hydrogen-bond acceptors (Lipinski definition) is 5. The van der Waals surface area contributed by atoms with E-state index in [0.29, 0.717) is 35.3 Å². The van der Waals surface area contributed by atoms with Gasteiger partial charge in [-0.2, -0.15) is 0 Å². The summed E-state index contributed by atoms with van der Waals surface area (Å²) in [6.45, 7) is 6.04. The Hall–Kier alpha value is -3.84. The summed E-state index contributed by atoms with van der Waals surface area (Å²) < 4.78 is 6.19. The molecule has 0 radical (unpaired) electrons. The second-order valence-electron chi connectivity index (χ2n) is 9.99. The monoisotopic (exact) mass is 599 g/mol. The van der Waals surface area contributed by atoms with Crippen LogP contribution in [0.4, 0.5) is 11.4 Å². The minimum atomic E-state index is -0.563. The summed E-state index contributed by atoms with van der Waals surface area (Å²) in [5, 5.41) is 21.4. The van der Waals surface area contributed by atoms with Gasteiger partial charge in [-0.05, 0) is 86.8 Å². The molecule has 1 aliphatic carbocycles. The van der Waals surface area contributed by atoms with Gasteiger partial charge in [0.25, 0.3) is 0 Å². The van der Waals surface area contributed by atoms with Crippen molar-refractivity contribution in [1.29, 1.82) is 5.41 Å². The Kier molecular flexibility index (Phi) is 8.12. The van der Waals surface area contributed by atoms with E-state index in [2.05, 4.69) is 46.8 Å². The van der Waals surface area contributed by atoms with Crippen molar-refractivity contribution >= 4 is 44.7 Å². The number of nitrogens with zero attached hydrogens (tertiary/aromatic N) is 2. The second-order valence-corrected chi connectivity index (χ2v) is 10.9. The number of aliphatic hydroxyl groups is 1. The van der Waals surface area contributed by atoms with E-state index in [-0.39, 0.29) is 17.4 Å². The van der Waals surface area contributed by atoms with Crippen LogP contribution in [0.3, 0.4) is 0 Å². The molecule has 3 aromatic carbocycles. The molecule has 7 heteroatoms. The number of carbonyl (C=O) groups excluding carboxylic acids is 1. The number of ether oxygens (including phenoxy) is 1. The number of halogens is 1. The number of amidine groups is 1. The van der Waals surface area contributed by atoms with E-state index in [9.17, 15) is 15.3 Å². The lowest BCUT2D eigenvalue weighted by molar-refractivity contribution is -0.116. The third-order valence-corrected chi connectivity index (χ3v) is 8.29. The Labute approximate surface area is 244 Å². The first-order valence-electron chi connectivity index (χ1n) is 13.7. The van der Waals surface area contributed by atoms with Gasteiger partial charge in [-0.3, -0.25) is 15.1 Å². The zero-order valence-corrected chi connectivity index (χ0v) is 24.7. The summed E-state index contributed by atoms with van der Waals surface area (Å²) in [5.74, 6) is 0.318. The van der Waals surface area contributed by atoms with Crippen LogP contribution in [0, 0.1) is 5.41 Å². The predicted molar refractivity (Wildman–Crippen MR) is 166 cm³/mol. The van der Waals surface area contributed by atoms with Crippen molar-refractivity contribution in [2.75, 3.05) is 30.0 Å². The van der Waals surface area contributed by atoms with Gasteiger partial charge in [0.15, 0.2) is 5.78 Å². The van der Waals surface area contributed by atoms with Crippen molar-refractivity contribution in [3.63, 3.8) is 0 Å². The number of Topliss-reactive ketones (excluding diaryl/α,β-unsaturated/α-hetero) is 1. The maximum absolute atomic E-state index is 13.7. The molecule has 0 spiro atoms. The lowest BCUT2D eigenvalue weighted by atomic mass is 9.73. The highest BCUT2D eigenvalue weighted by Crippen LogP contribution is 2.48. The Morgan fingerprint density at radius 1 is 1.05 bits per heavy atom. The predicted octanol–water partition coefficient (Wildman–Crippen LogP) is 7.86. The van der Waals surface area contributed by atoms with E-state index < -0.39 is 5.92 Å². The molecular weight excluding hydrogens is 566 g/mol. The fourth-order valence-electron chi connectivity index (χ4n) is 5.80. The van der Waals surface area contributed by atoms with Crippen molar-refractivity contribution in [2.45, 2.75) is 39.0 Å². The van der Waals surface area contributed by atoms with Gasteiger partial charge >= 0.3 is 0 Å². The largest absolute Gasteiger partial charge is 0.507 e. The molecule has 2 N–H and O–H groups in total. The van der Waals surface area contributed by atoms with Gasteiger partial charge in [0.05, 0.1) is 7.11 Å². The van der Waals surface area contributed by atoms with E-state index in [1.165, 1.54) is 0 Å². The van der Waals surface area contributed by atoms with Crippen LogP contribution in [-0.4, -0.2) is 36.9 Å². The standard InChI is InChI=1S/C33H34BrN3O3/c1-4-36(5-2)24-16-12-21(13-17-24)29-30-27(10-7-11-28(30)38)37(25-9-6-8-23(34)20-25)33(35)31(29)32(39)22-14-18-26(40-3)19-15-22/h6,8-9,12-20,29,35,39H,4-5,7,10-11H2,1-3H3/b32-31+,35-33?. The van der Waals surface area contributed by atoms with Gasteiger partial charge in [-0.15, -0.1) is 0 Å². The zero-order valence-electron chi connectivity index (χ0n) is 23.1. The first kappa shape index (κ1) is 27.7. The molecule has 206 valence electrons. The number of aliphatic hydroxyl groups excluding tert-OH is 1. The highest BCUT2D eigenvalue weighted by molar-refractivity contribution is 9.10. The van der Waals surface area contributed by atoms with Crippen LogP contribution in [0.5, 0.6) is 5.75 Å². The maximum Gasteiger partial charge on any atom is 0.161 e. The highest BCUT2D eigenvalue weighted by Gasteiger charge is 2.43. The quantitative estimate of drug-likeness (QED) is 0.270. The molecular formula is C33H34BrN3O3. The number of allylic oxidation sites excluding steroid dienone is 2. The van der Waals surface area contributed by atoms with Crippen LogP contribution in [0.2, 0.25) is 0 Å². The Bertz CT molecular complexity index is 1490. The number of hydrogen-bond donors (Lipinski definition) is 2. The molecule has 0 fully saturated rings. The number of methoxy groups -OCH3 is 1. The maximum atomic E-state index is 13.7. The second kappa shape index (κ2) is 11.7. The molecule has 0 bridgehead atoms. The summed E-state index contributed by atoms with van der Waals surface area (Å²) in [7, 11) is 1.60. The Balaban J connectivity index is 1.76. The average molecular weight is 601 g/mol. The molecule has 0 aromatic heterocycles. The first-order valence-corrected chi connectivity index (χ1v) is 14.5. The highest BCUT2D eigenvalue weighted by atomic mass is 79.9. The van der Waals surface area contributed by atoms with Gasteiger partial charge in [0.2, 0.25) is 0 Å². The molecule has 0 saturated carbocycles. The normalized spacial score (nSPS) is 18.5. The number of benzene rings is 3. The number of ketones is 1. The summed E-state index contributed by atoms with van der Waals surface area (Å²) >= 11 is 3.56. The molecule has 2 aliphatic rings. The fraction of sp³-hybridized carbons (Fsp3) is 0.273. The van der Waals surface area contributed by atoms with Gasteiger partial charge < -0.3 is 14.7 Å². The lowest BCUT2D eigenvalue weighted by Crippen LogP contribution is -2.42. The molecule has 5 rings (SSSR count). The van der Waals surface area contributed by atoms with E-state index in [1.54, 1.807) is 31.4 Å². The van der Waals surface area contributed by atoms with Gasteiger partial charge in [-0.1, -0.05) is 34.1 Å². The number of anilines is 2. The van der Waals surface area contributed by atoms with E-state index in [0.717, 1.165) is 46.6 Å². The summed E-state index contributed by atoms with van der Waals surface area (Å²) in [5.41, 5.74) is 5.23. The third-order valence-electron chi connectivity index (χ3n) is 7.79. The molecule has 40 heavy (non-hydrogen) atoms. The molecule has 1 atom stereocenters. The zero-order chi connectivity index (χ0) is 28.4. The summed E-state index contributed by atoms with van der Waals surface area (Å²) in [6, 6.07) is 23.1. The van der Waals surface area contributed by atoms with Crippen LogP contribution in [-0.2, 0) is 4.79 Å². The van der Waals surface area contributed by atoms with Crippen molar-refractivity contribution in [2.24, 2.45) is 0 Å². The van der Waals surface area contributed by atoms with Gasteiger partial charge in [0.1, 0.15) is 17.3 Å². The number of carbonyl (C=O) groups is 1. The van der Waals surface area contributed by atoms with E-state index in [1.807, 2.05) is 41.3 Å². The van der Waals surface area contributed by atoms with Crippen LogP contribution in [0.15, 0.2) is 94.1 Å². The molecule has 0 saturated heterocycles. The van der Waals surface area contributed by atoms with Crippen LogP contribution in [0.25, 0.3) is 5.76 Å². The van der Waals surface area contributed by atoms with Crippen LogP contribution in [0.1, 0.15) is 50.2 Å². The minimum absolute atomic E-state index is 0.0182. The van der Waals surface area contributed by atoms with Crippen molar-refractivity contribution in [1.82, 2.24) is 0 Å². The number of rotatable bonds is 7. The smallest absolute Gasteiger partial charge is 0.161 e. The Morgan fingerprint density at radius 2 is 1.75 bits per heavy atom. The average Bonchev–Trinajstić information content (AvgIpc) is 2.97. The van der Waals surface area contributed by atoms with Gasteiger partial charge in [-0.25, -0.2) is 0 Å². The van der Waals surface area contributed by atoms with Crippen LogP contribution < -0.4 is 14.5 Å². The molecule has 1 unspecified atom stereocenters. The van der Waals surface area contributed by atoms with E-state index >= 15 is 0 Å². The molecule has 0 amide bonds.